The summed E-state index contributed by atoms with van der Waals surface area (Å²) in [5.74, 6) is -0.0999. The number of benzene rings is 1. The third kappa shape index (κ3) is 4.12. The van der Waals surface area contributed by atoms with Gasteiger partial charge in [-0.25, -0.2) is 0 Å². The first-order valence-corrected chi connectivity index (χ1v) is 8.19. The van der Waals surface area contributed by atoms with Crippen molar-refractivity contribution in [3.05, 3.63) is 34.3 Å². The molecule has 1 heterocycles. The molecule has 2 rings (SSSR count). The van der Waals surface area contributed by atoms with Gasteiger partial charge < -0.3 is 19.7 Å². The molecule has 0 saturated carbocycles. The topological polar surface area (TPSA) is 67.8 Å². The second-order valence-electron chi connectivity index (χ2n) is 6.92. The molecule has 130 valence electrons. The van der Waals surface area contributed by atoms with E-state index in [1.54, 1.807) is 18.2 Å². The average Bonchev–Trinajstić information content (AvgIpc) is 2.65. The Morgan fingerprint density at radius 3 is 2.38 bits per heavy atom. The molecule has 0 atom stereocenters. The first-order chi connectivity index (χ1) is 11.0. The SMILES string of the molecule is CC(=O)NCC(=Cc1ccc(Cl)cc1O)B1OC(C)(C)C(C)(C)O1. The maximum absolute atomic E-state index is 11.3. The molecule has 1 aliphatic rings. The van der Waals surface area contributed by atoms with Gasteiger partial charge in [0.05, 0.1) is 11.2 Å². The molecule has 0 bridgehead atoms. The number of hydrogen-bond acceptors (Lipinski definition) is 4. The van der Waals surface area contributed by atoms with Crippen LogP contribution >= 0.6 is 11.6 Å². The summed E-state index contributed by atoms with van der Waals surface area (Å²) >= 11 is 5.87. The summed E-state index contributed by atoms with van der Waals surface area (Å²) in [4.78, 5) is 11.3. The minimum absolute atomic E-state index is 0.0549. The molecule has 0 aliphatic carbocycles. The standard InChI is InChI=1S/C17H23BClNO4/c1-11(21)20-10-13(8-12-6-7-14(19)9-15(12)22)18-23-16(2,3)17(4,5)24-18/h6-9,22H,10H2,1-5H3,(H,20,21). The van der Waals surface area contributed by atoms with Gasteiger partial charge in [0.1, 0.15) is 5.75 Å². The fraction of sp³-hybridized carbons (Fsp3) is 0.471. The fourth-order valence-electron chi connectivity index (χ4n) is 2.26. The highest BCUT2D eigenvalue weighted by Gasteiger charge is 2.52. The lowest BCUT2D eigenvalue weighted by Gasteiger charge is -2.32. The predicted molar refractivity (Wildman–Crippen MR) is 95.9 cm³/mol. The van der Waals surface area contributed by atoms with Gasteiger partial charge >= 0.3 is 7.12 Å². The van der Waals surface area contributed by atoms with Crippen molar-refractivity contribution < 1.29 is 19.2 Å². The number of carbonyl (C=O) groups is 1. The van der Waals surface area contributed by atoms with Crippen LogP contribution in [0, 0.1) is 0 Å². The minimum atomic E-state index is -0.614. The normalized spacial score (nSPS) is 19.4. The highest BCUT2D eigenvalue weighted by Crippen LogP contribution is 2.39. The van der Waals surface area contributed by atoms with E-state index in [0.717, 1.165) is 0 Å². The van der Waals surface area contributed by atoms with Crippen LogP contribution in [0.25, 0.3) is 6.08 Å². The Morgan fingerprint density at radius 2 is 1.88 bits per heavy atom. The smallest absolute Gasteiger partial charge is 0.492 e. The van der Waals surface area contributed by atoms with Crippen molar-refractivity contribution in [2.45, 2.75) is 45.8 Å². The Kier molecular flexibility index (Phi) is 5.33. The average molecular weight is 352 g/mol. The lowest BCUT2D eigenvalue weighted by molar-refractivity contribution is -0.118. The first kappa shape index (κ1) is 18.8. The summed E-state index contributed by atoms with van der Waals surface area (Å²) in [5, 5.41) is 13.3. The highest BCUT2D eigenvalue weighted by molar-refractivity contribution is 6.56. The van der Waals surface area contributed by atoms with Gasteiger partial charge in [-0.05, 0) is 51.4 Å². The summed E-state index contributed by atoms with van der Waals surface area (Å²) in [6.45, 7) is 9.55. The second-order valence-corrected chi connectivity index (χ2v) is 7.36. The summed E-state index contributed by atoms with van der Waals surface area (Å²) < 4.78 is 12.1. The van der Waals surface area contributed by atoms with E-state index in [1.807, 2.05) is 27.7 Å². The van der Waals surface area contributed by atoms with Crippen LogP contribution < -0.4 is 5.32 Å². The lowest BCUT2D eigenvalue weighted by Crippen LogP contribution is -2.41. The molecule has 1 fully saturated rings. The predicted octanol–water partition coefficient (Wildman–Crippen LogP) is 3.20. The number of hydrogen-bond donors (Lipinski definition) is 2. The molecular weight excluding hydrogens is 328 g/mol. The van der Waals surface area contributed by atoms with Gasteiger partial charge in [0.2, 0.25) is 5.91 Å². The number of rotatable bonds is 4. The van der Waals surface area contributed by atoms with Gasteiger partial charge in [-0.2, -0.15) is 0 Å². The fourth-order valence-corrected chi connectivity index (χ4v) is 2.43. The number of phenols is 1. The third-order valence-corrected chi connectivity index (χ3v) is 4.67. The van der Waals surface area contributed by atoms with Crippen LogP contribution in [0.2, 0.25) is 5.02 Å². The second kappa shape index (κ2) is 6.79. The van der Waals surface area contributed by atoms with Gasteiger partial charge in [-0.1, -0.05) is 17.7 Å². The maximum Gasteiger partial charge on any atom is 0.492 e. The van der Waals surface area contributed by atoms with Gasteiger partial charge in [0, 0.05) is 24.1 Å². The summed E-state index contributed by atoms with van der Waals surface area (Å²) in [5.41, 5.74) is 0.306. The number of amides is 1. The molecule has 2 N–H and O–H groups in total. The Morgan fingerprint density at radius 1 is 1.29 bits per heavy atom. The van der Waals surface area contributed by atoms with Crippen molar-refractivity contribution in [2.75, 3.05) is 6.54 Å². The molecule has 0 spiro atoms. The van der Waals surface area contributed by atoms with Crippen molar-refractivity contribution in [3.8, 4) is 5.75 Å². The van der Waals surface area contributed by atoms with Crippen molar-refractivity contribution in [1.82, 2.24) is 5.32 Å². The zero-order chi connectivity index (χ0) is 18.1. The lowest BCUT2D eigenvalue weighted by atomic mass is 9.77. The van der Waals surface area contributed by atoms with Crippen LogP contribution in [0.1, 0.15) is 40.2 Å². The van der Waals surface area contributed by atoms with Crippen LogP contribution in [0.4, 0.5) is 0 Å². The number of carbonyl (C=O) groups excluding carboxylic acids is 1. The van der Waals surface area contributed by atoms with Gasteiger partial charge in [-0.3, -0.25) is 4.79 Å². The Balaban J connectivity index is 2.35. The molecule has 1 amide bonds. The molecule has 1 aliphatic heterocycles. The summed E-state index contributed by atoms with van der Waals surface area (Å²) in [6, 6.07) is 4.86. The van der Waals surface area contributed by atoms with Gasteiger partial charge in [0.15, 0.2) is 0 Å². The largest absolute Gasteiger partial charge is 0.507 e. The Bertz CT molecular complexity index is 657. The van der Waals surface area contributed by atoms with E-state index >= 15 is 0 Å². The van der Waals surface area contributed by atoms with E-state index in [1.165, 1.54) is 13.0 Å². The van der Waals surface area contributed by atoms with E-state index in [2.05, 4.69) is 5.32 Å². The zero-order valence-corrected chi connectivity index (χ0v) is 15.4. The number of halogens is 1. The minimum Gasteiger partial charge on any atom is -0.507 e. The van der Waals surface area contributed by atoms with E-state index < -0.39 is 18.3 Å². The molecular formula is C17H23BClNO4. The van der Waals surface area contributed by atoms with Crippen LogP contribution in [0.5, 0.6) is 5.75 Å². The number of phenolic OH excluding ortho intramolecular Hbond substituents is 1. The van der Waals surface area contributed by atoms with Gasteiger partial charge in [-0.15, -0.1) is 0 Å². The zero-order valence-electron chi connectivity index (χ0n) is 14.6. The summed E-state index contributed by atoms with van der Waals surface area (Å²) in [6.07, 6.45) is 1.75. The molecule has 1 saturated heterocycles. The highest BCUT2D eigenvalue weighted by atomic mass is 35.5. The Hall–Kier alpha value is -1.50. The Labute approximate surface area is 148 Å². The van der Waals surface area contributed by atoms with Crippen molar-refractivity contribution >= 4 is 30.7 Å². The van der Waals surface area contributed by atoms with Crippen molar-refractivity contribution in [3.63, 3.8) is 0 Å². The van der Waals surface area contributed by atoms with Crippen LogP contribution in [-0.2, 0) is 14.1 Å². The monoisotopic (exact) mass is 351 g/mol. The quantitative estimate of drug-likeness (QED) is 0.818. The molecule has 7 heteroatoms. The van der Waals surface area contributed by atoms with Crippen LogP contribution in [0.15, 0.2) is 23.7 Å². The van der Waals surface area contributed by atoms with Crippen LogP contribution in [0.3, 0.4) is 0 Å². The molecule has 1 aromatic carbocycles. The van der Waals surface area contributed by atoms with E-state index in [-0.39, 0.29) is 18.2 Å². The number of aromatic hydroxyl groups is 1. The molecule has 1 aromatic rings. The van der Waals surface area contributed by atoms with Gasteiger partial charge in [0.25, 0.3) is 0 Å². The maximum atomic E-state index is 11.3. The molecule has 5 nitrogen and oxygen atoms in total. The first-order valence-electron chi connectivity index (χ1n) is 7.81. The summed E-state index contributed by atoms with van der Waals surface area (Å²) in [7, 11) is -0.614. The van der Waals surface area contributed by atoms with Crippen molar-refractivity contribution in [2.24, 2.45) is 0 Å². The van der Waals surface area contributed by atoms with E-state index in [9.17, 15) is 9.90 Å². The molecule has 0 radical (unpaired) electrons. The van der Waals surface area contributed by atoms with Crippen LogP contribution in [-0.4, -0.2) is 35.9 Å². The van der Waals surface area contributed by atoms with Crippen molar-refractivity contribution in [1.29, 1.82) is 0 Å². The van der Waals surface area contributed by atoms with E-state index in [4.69, 9.17) is 20.9 Å². The molecule has 0 aromatic heterocycles. The number of nitrogens with one attached hydrogen (secondary N) is 1. The third-order valence-electron chi connectivity index (χ3n) is 4.43. The molecule has 24 heavy (non-hydrogen) atoms. The van der Waals surface area contributed by atoms with E-state index in [0.29, 0.717) is 16.1 Å². The molecule has 0 unspecified atom stereocenters.